The first-order valence-electron chi connectivity index (χ1n) is 8.51. The molecule has 1 amide bonds. The second kappa shape index (κ2) is 7.43. The predicted octanol–water partition coefficient (Wildman–Crippen LogP) is 1.34. The largest absolute Gasteiger partial charge is 0.372 e. The lowest BCUT2D eigenvalue weighted by atomic mass is 10.1. The Balaban J connectivity index is 1.44. The van der Waals surface area contributed by atoms with Crippen molar-refractivity contribution < 1.29 is 9.53 Å². The van der Waals surface area contributed by atoms with Crippen molar-refractivity contribution in [2.24, 2.45) is 0 Å². The average molecular weight is 317 g/mol. The number of morpholine rings is 1. The van der Waals surface area contributed by atoms with Crippen molar-refractivity contribution in [1.82, 2.24) is 15.1 Å². The van der Waals surface area contributed by atoms with Crippen LogP contribution in [0.15, 0.2) is 24.3 Å². The molecule has 2 atom stereocenters. The van der Waals surface area contributed by atoms with Crippen molar-refractivity contribution in [3.8, 4) is 0 Å². The monoisotopic (exact) mass is 317 g/mol. The molecule has 3 rings (SSSR count). The fourth-order valence-electron chi connectivity index (χ4n) is 3.49. The number of ether oxygens (including phenoxy) is 1. The van der Waals surface area contributed by atoms with Crippen molar-refractivity contribution in [2.45, 2.75) is 31.6 Å². The minimum absolute atomic E-state index is 0.0353. The summed E-state index contributed by atoms with van der Waals surface area (Å²) in [5.41, 5.74) is 1.95. The normalized spacial score (nSPS) is 24.1. The number of benzene rings is 1. The summed E-state index contributed by atoms with van der Waals surface area (Å²) in [5.74, 6) is -0.0353. The lowest BCUT2D eigenvalue weighted by molar-refractivity contribution is -0.0398. The van der Waals surface area contributed by atoms with Gasteiger partial charge in [-0.2, -0.15) is 0 Å². The van der Waals surface area contributed by atoms with Crippen LogP contribution >= 0.6 is 0 Å². The quantitative estimate of drug-likeness (QED) is 0.860. The van der Waals surface area contributed by atoms with Gasteiger partial charge >= 0.3 is 0 Å². The van der Waals surface area contributed by atoms with E-state index in [1.54, 1.807) is 7.05 Å². The molecule has 0 aliphatic carbocycles. The summed E-state index contributed by atoms with van der Waals surface area (Å²) >= 11 is 0. The van der Waals surface area contributed by atoms with Gasteiger partial charge in [-0.25, -0.2) is 0 Å². The third kappa shape index (κ3) is 4.31. The standard InChI is InChI=1S/C18H27N3O2/c1-19-18(22)15-5-3-14(4-6-15)11-20(2)9-10-21-12-16-7-8-17(13-21)23-16/h3-6,16-17H,7-13H2,1-2H3,(H,19,22). The number of amides is 1. The molecule has 2 unspecified atom stereocenters. The molecule has 5 nitrogen and oxygen atoms in total. The zero-order chi connectivity index (χ0) is 16.2. The van der Waals surface area contributed by atoms with Gasteiger partial charge in [-0.1, -0.05) is 12.1 Å². The molecule has 2 aliphatic rings. The van der Waals surface area contributed by atoms with E-state index in [0.717, 1.165) is 32.7 Å². The molecule has 0 radical (unpaired) electrons. The Morgan fingerprint density at radius 2 is 1.91 bits per heavy atom. The van der Waals surface area contributed by atoms with Crippen LogP contribution in [0.2, 0.25) is 0 Å². The number of nitrogens with zero attached hydrogens (tertiary/aromatic N) is 2. The second-order valence-corrected chi connectivity index (χ2v) is 6.73. The molecular weight excluding hydrogens is 290 g/mol. The summed E-state index contributed by atoms with van der Waals surface area (Å²) in [6, 6.07) is 7.86. The van der Waals surface area contributed by atoms with Gasteiger partial charge in [-0.15, -0.1) is 0 Å². The molecule has 2 aliphatic heterocycles. The number of likely N-dealkylation sites (tertiary alicyclic amines) is 1. The van der Waals surface area contributed by atoms with Crippen LogP contribution in [0.5, 0.6) is 0 Å². The maximum Gasteiger partial charge on any atom is 0.251 e. The Morgan fingerprint density at radius 3 is 2.52 bits per heavy atom. The molecule has 126 valence electrons. The smallest absolute Gasteiger partial charge is 0.251 e. The maximum atomic E-state index is 11.5. The zero-order valence-electron chi connectivity index (χ0n) is 14.1. The fourth-order valence-corrected chi connectivity index (χ4v) is 3.49. The Labute approximate surface area is 138 Å². The maximum absolute atomic E-state index is 11.5. The summed E-state index contributed by atoms with van der Waals surface area (Å²) in [6.07, 6.45) is 3.40. The first-order valence-corrected chi connectivity index (χ1v) is 8.51. The lowest BCUT2D eigenvalue weighted by Gasteiger charge is -2.33. The number of rotatable bonds is 6. The Kier molecular flexibility index (Phi) is 5.30. The van der Waals surface area contributed by atoms with E-state index in [0.29, 0.717) is 17.8 Å². The van der Waals surface area contributed by atoms with Gasteiger partial charge in [0.1, 0.15) is 0 Å². The van der Waals surface area contributed by atoms with Crippen LogP contribution in [0.1, 0.15) is 28.8 Å². The van der Waals surface area contributed by atoms with E-state index < -0.39 is 0 Å². The highest BCUT2D eigenvalue weighted by atomic mass is 16.5. The molecule has 0 saturated carbocycles. The van der Waals surface area contributed by atoms with Crippen LogP contribution in [-0.2, 0) is 11.3 Å². The van der Waals surface area contributed by atoms with Gasteiger partial charge in [0.25, 0.3) is 5.91 Å². The molecule has 2 heterocycles. The molecule has 1 N–H and O–H groups in total. The second-order valence-electron chi connectivity index (χ2n) is 6.73. The summed E-state index contributed by atoms with van der Waals surface area (Å²) in [5, 5.41) is 2.65. The van der Waals surface area contributed by atoms with Gasteiger partial charge < -0.3 is 15.0 Å². The number of fused-ring (bicyclic) bond motifs is 2. The van der Waals surface area contributed by atoms with Crippen LogP contribution in [0.25, 0.3) is 0 Å². The minimum Gasteiger partial charge on any atom is -0.372 e. The zero-order valence-corrected chi connectivity index (χ0v) is 14.1. The van der Waals surface area contributed by atoms with E-state index in [9.17, 15) is 4.79 Å². The molecule has 0 aromatic heterocycles. The van der Waals surface area contributed by atoms with E-state index >= 15 is 0 Å². The van der Waals surface area contributed by atoms with Gasteiger partial charge in [-0.05, 0) is 37.6 Å². The highest BCUT2D eigenvalue weighted by molar-refractivity contribution is 5.93. The van der Waals surface area contributed by atoms with Gasteiger partial charge in [-0.3, -0.25) is 9.69 Å². The minimum atomic E-state index is -0.0353. The van der Waals surface area contributed by atoms with Crippen LogP contribution in [-0.4, -0.2) is 68.2 Å². The van der Waals surface area contributed by atoms with Gasteiger partial charge in [0.2, 0.25) is 0 Å². The first-order chi connectivity index (χ1) is 11.1. The van der Waals surface area contributed by atoms with Gasteiger partial charge in [0, 0.05) is 45.3 Å². The van der Waals surface area contributed by atoms with E-state index in [2.05, 4.69) is 22.2 Å². The molecule has 1 aromatic carbocycles. The van der Waals surface area contributed by atoms with Crippen molar-refractivity contribution in [1.29, 1.82) is 0 Å². The van der Waals surface area contributed by atoms with Gasteiger partial charge in [0.05, 0.1) is 12.2 Å². The number of nitrogens with one attached hydrogen (secondary N) is 1. The van der Waals surface area contributed by atoms with Crippen molar-refractivity contribution in [3.05, 3.63) is 35.4 Å². The molecule has 5 heteroatoms. The van der Waals surface area contributed by atoms with E-state index in [1.165, 1.54) is 18.4 Å². The summed E-state index contributed by atoms with van der Waals surface area (Å²) in [4.78, 5) is 16.4. The number of likely N-dealkylation sites (N-methyl/N-ethyl adjacent to an activating group) is 1. The molecule has 0 spiro atoms. The van der Waals surface area contributed by atoms with Crippen LogP contribution < -0.4 is 5.32 Å². The molecule has 2 bridgehead atoms. The van der Waals surface area contributed by atoms with E-state index in [1.807, 2.05) is 24.3 Å². The molecule has 2 fully saturated rings. The SMILES string of the molecule is CNC(=O)c1ccc(CN(C)CCN2CC3CCC(C2)O3)cc1. The Bertz CT molecular complexity index is 520. The van der Waals surface area contributed by atoms with Crippen LogP contribution in [0, 0.1) is 0 Å². The Hall–Kier alpha value is -1.43. The molecule has 23 heavy (non-hydrogen) atoms. The molecule has 2 saturated heterocycles. The first kappa shape index (κ1) is 16.4. The third-order valence-electron chi connectivity index (χ3n) is 4.81. The van der Waals surface area contributed by atoms with Crippen LogP contribution in [0.4, 0.5) is 0 Å². The molecular formula is C18H27N3O2. The third-order valence-corrected chi connectivity index (χ3v) is 4.81. The van der Waals surface area contributed by atoms with Gasteiger partial charge in [0.15, 0.2) is 0 Å². The highest BCUT2D eigenvalue weighted by Gasteiger charge is 2.33. The summed E-state index contributed by atoms with van der Waals surface area (Å²) in [7, 11) is 3.81. The number of hydrogen-bond donors (Lipinski definition) is 1. The average Bonchev–Trinajstić information content (AvgIpc) is 2.91. The summed E-state index contributed by atoms with van der Waals surface area (Å²) in [6.45, 7) is 5.24. The van der Waals surface area contributed by atoms with Crippen molar-refractivity contribution in [2.75, 3.05) is 40.3 Å². The predicted molar refractivity (Wildman–Crippen MR) is 90.5 cm³/mol. The number of hydrogen-bond acceptors (Lipinski definition) is 4. The number of carbonyl (C=O) groups excluding carboxylic acids is 1. The topological polar surface area (TPSA) is 44.8 Å². The van der Waals surface area contributed by atoms with E-state index in [4.69, 9.17) is 4.74 Å². The molecule has 1 aromatic rings. The van der Waals surface area contributed by atoms with Crippen molar-refractivity contribution in [3.63, 3.8) is 0 Å². The Morgan fingerprint density at radius 1 is 1.26 bits per heavy atom. The lowest BCUT2D eigenvalue weighted by Crippen LogP contribution is -2.45. The fraction of sp³-hybridized carbons (Fsp3) is 0.611. The van der Waals surface area contributed by atoms with E-state index in [-0.39, 0.29) is 5.91 Å². The highest BCUT2D eigenvalue weighted by Crippen LogP contribution is 2.25. The number of carbonyl (C=O) groups is 1. The van der Waals surface area contributed by atoms with Crippen molar-refractivity contribution >= 4 is 5.91 Å². The summed E-state index contributed by atoms with van der Waals surface area (Å²) < 4.78 is 5.88. The van der Waals surface area contributed by atoms with Crippen LogP contribution in [0.3, 0.4) is 0 Å².